The number of para-hydroxylation sites is 1. The molecule has 0 saturated heterocycles. The monoisotopic (exact) mass is 355 g/mol. The van der Waals surface area contributed by atoms with Gasteiger partial charge in [-0.1, -0.05) is 48.0 Å². The lowest BCUT2D eigenvalue weighted by Gasteiger charge is -2.37. The Bertz CT molecular complexity index is 740. The van der Waals surface area contributed by atoms with Crippen LogP contribution in [0.3, 0.4) is 0 Å². The summed E-state index contributed by atoms with van der Waals surface area (Å²) >= 11 is 1.65. The zero-order valence-electron chi connectivity index (χ0n) is 15.0. The smallest absolute Gasteiger partial charge is 0.230 e. The molecule has 1 aliphatic rings. The quantitative estimate of drug-likeness (QED) is 0.849. The molecule has 3 nitrogen and oxygen atoms in total. The number of carbonyl (C=O) groups excluding carboxylic acids is 1. The van der Waals surface area contributed by atoms with E-state index in [0.717, 1.165) is 23.5 Å². The molecule has 2 aromatic rings. The van der Waals surface area contributed by atoms with Crippen molar-refractivity contribution in [1.82, 2.24) is 5.32 Å². The first-order valence-corrected chi connectivity index (χ1v) is 9.79. The van der Waals surface area contributed by atoms with Crippen LogP contribution in [0.2, 0.25) is 0 Å². The maximum Gasteiger partial charge on any atom is 0.230 e. The summed E-state index contributed by atoms with van der Waals surface area (Å²) in [5.74, 6) is 2.27. The molecule has 0 bridgehead atoms. The van der Waals surface area contributed by atoms with Gasteiger partial charge in [-0.05, 0) is 32.4 Å². The van der Waals surface area contributed by atoms with Gasteiger partial charge >= 0.3 is 0 Å². The van der Waals surface area contributed by atoms with Crippen molar-refractivity contribution >= 4 is 17.7 Å². The molecular formula is C21H25NO2S. The highest BCUT2D eigenvalue weighted by Gasteiger charge is 2.34. The molecule has 3 rings (SSSR count). The van der Waals surface area contributed by atoms with Gasteiger partial charge in [-0.15, -0.1) is 11.8 Å². The topological polar surface area (TPSA) is 38.3 Å². The summed E-state index contributed by atoms with van der Waals surface area (Å²) in [5, 5.41) is 3.19. The van der Waals surface area contributed by atoms with Crippen molar-refractivity contribution in [1.29, 1.82) is 0 Å². The molecule has 0 spiro atoms. The normalized spacial score (nSPS) is 18.1. The van der Waals surface area contributed by atoms with Crippen LogP contribution in [-0.2, 0) is 10.5 Å². The molecule has 25 heavy (non-hydrogen) atoms. The molecule has 1 atom stereocenters. The summed E-state index contributed by atoms with van der Waals surface area (Å²) in [4.78, 5) is 12.4. The van der Waals surface area contributed by atoms with Gasteiger partial charge in [-0.3, -0.25) is 4.79 Å². The number of carbonyl (C=O) groups is 1. The van der Waals surface area contributed by atoms with Crippen LogP contribution in [0.1, 0.15) is 43.0 Å². The van der Waals surface area contributed by atoms with Crippen molar-refractivity contribution in [2.45, 2.75) is 44.6 Å². The van der Waals surface area contributed by atoms with E-state index in [-0.39, 0.29) is 17.6 Å². The van der Waals surface area contributed by atoms with Crippen molar-refractivity contribution in [3.05, 3.63) is 65.2 Å². The van der Waals surface area contributed by atoms with Crippen LogP contribution in [0.15, 0.2) is 48.5 Å². The van der Waals surface area contributed by atoms with Gasteiger partial charge in [-0.2, -0.15) is 0 Å². The number of fused-ring (bicyclic) bond motifs is 1. The van der Waals surface area contributed by atoms with Gasteiger partial charge in [0.25, 0.3) is 0 Å². The molecule has 0 radical (unpaired) electrons. The average Bonchev–Trinajstić information content (AvgIpc) is 2.55. The lowest BCUT2D eigenvalue weighted by Crippen LogP contribution is -2.41. The molecule has 1 N–H and O–H groups in total. The number of rotatable bonds is 5. The van der Waals surface area contributed by atoms with Crippen LogP contribution >= 0.6 is 11.8 Å². The maximum absolute atomic E-state index is 12.4. The molecule has 0 aromatic heterocycles. The van der Waals surface area contributed by atoms with E-state index in [1.807, 2.05) is 24.3 Å². The Morgan fingerprint density at radius 1 is 1.20 bits per heavy atom. The van der Waals surface area contributed by atoms with Gasteiger partial charge in [-0.25, -0.2) is 0 Å². The summed E-state index contributed by atoms with van der Waals surface area (Å²) in [5.41, 5.74) is 3.30. The summed E-state index contributed by atoms with van der Waals surface area (Å²) in [6, 6.07) is 16.4. The highest BCUT2D eigenvalue weighted by Crippen LogP contribution is 2.39. The molecule has 132 valence electrons. The molecule has 0 unspecified atom stereocenters. The van der Waals surface area contributed by atoms with E-state index in [1.165, 1.54) is 11.1 Å². The van der Waals surface area contributed by atoms with Gasteiger partial charge in [0.1, 0.15) is 11.4 Å². The number of nitrogens with one attached hydrogen (secondary N) is 1. The molecule has 1 amide bonds. The minimum Gasteiger partial charge on any atom is -0.487 e. The van der Waals surface area contributed by atoms with E-state index in [4.69, 9.17) is 4.74 Å². The number of hydrogen-bond acceptors (Lipinski definition) is 3. The molecule has 4 heteroatoms. The van der Waals surface area contributed by atoms with E-state index < -0.39 is 0 Å². The molecule has 0 fully saturated rings. The Kier molecular flexibility index (Phi) is 5.38. The van der Waals surface area contributed by atoms with E-state index in [9.17, 15) is 4.79 Å². The SMILES string of the molecule is Cc1ccc(CSCC(=O)N[C@@H]2CC(C)(C)Oc3ccccc32)cc1. The Morgan fingerprint density at radius 2 is 1.92 bits per heavy atom. The summed E-state index contributed by atoms with van der Waals surface area (Å²) < 4.78 is 6.02. The highest BCUT2D eigenvalue weighted by molar-refractivity contribution is 7.99. The number of thioether (sulfide) groups is 1. The Hall–Kier alpha value is -1.94. The number of ether oxygens (including phenoxy) is 1. The average molecular weight is 356 g/mol. The fourth-order valence-corrected chi connectivity index (χ4v) is 3.91. The van der Waals surface area contributed by atoms with Gasteiger partial charge in [0.15, 0.2) is 0 Å². The van der Waals surface area contributed by atoms with Crippen molar-refractivity contribution in [3.63, 3.8) is 0 Å². The number of amides is 1. The van der Waals surface area contributed by atoms with E-state index >= 15 is 0 Å². The van der Waals surface area contributed by atoms with Crippen LogP contribution in [-0.4, -0.2) is 17.3 Å². The molecule has 2 aromatic carbocycles. The second-order valence-electron chi connectivity index (χ2n) is 7.20. The fourth-order valence-electron chi connectivity index (χ4n) is 3.11. The molecule has 1 aliphatic heterocycles. The Morgan fingerprint density at radius 3 is 2.68 bits per heavy atom. The largest absolute Gasteiger partial charge is 0.487 e. The first kappa shape index (κ1) is 17.9. The second kappa shape index (κ2) is 7.52. The third-order valence-corrected chi connectivity index (χ3v) is 5.34. The zero-order chi connectivity index (χ0) is 17.9. The Labute approximate surface area is 154 Å². The summed E-state index contributed by atoms with van der Waals surface area (Å²) in [6.45, 7) is 6.21. The number of aryl methyl sites for hydroxylation is 1. The van der Waals surface area contributed by atoms with Crippen molar-refractivity contribution < 1.29 is 9.53 Å². The zero-order valence-corrected chi connectivity index (χ0v) is 15.9. The predicted molar refractivity (Wildman–Crippen MR) is 104 cm³/mol. The number of hydrogen-bond donors (Lipinski definition) is 1. The Balaban J connectivity index is 1.56. The number of benzene rings is 2. The van der Waals surface area contributed by atoms with Gasteiger partial charge < -0.3 is 10.1 Å². The highest BCUT2D eigenvalue weighted by atomic mass is 32.2. The van der Waals surface area contributed by atoms with Crippen LogP contribution in [0.4, 0.5) is 0 Å². The first-order valence-electron chi connectivity index (χ1n) is 8.63. The van der Waals surface area contributed by atoms with Gasteiger partial charge in [0.2, 0.25) is 5.91 Å². The van der Waals surface area contributed by atoms with Crippen LogP contribution in [0, 0.1) is 6.92 Å². The minimum atomic E-state index is -0.276. The van der Waals surface area contributed by atoms with Crippen LogP contribution in [0.5, 0.6) is 5.75 Å². The third-order valence-electron chi connectivity index (χ3n) is 4.33. The summed E-state index contributed by atoms with van der Waals surface area (Å²) in [7, 11) is 0. The molecule has 0 saturated carbocycles. The van der Waals surface area contributed by atoms with Crippen molar-refractivity contribution in [2.75, 3.05) is 5.75 Å². The van der Waals surface area contributed by atoms with Crippen molar-refractivity contribution in [3.8, 4) is 5.75 Å². The minimum absolute atomic E-state index is 0.00687. The molecular weight excluding hydrogens is 330 g/mol. The molecule has 0 aliphatic carbocycles. The lowest BCUT2D eigenvalue weighted by atomic mass is 9.90. The van der Waals surface area contributed by atoms with E-state index in [0.29, 0.717) is 5.75 Å². The lowest BCUT2D eigenvalue weighted by molar-refractivity contribution is -0.119. The van der Waals surface area contributed by atoms with Crippen LogP contribution < -0.4 is 10.1 Å². The standard InChI is InChI=1S/C21H25NO2S/c1-15-8-10-16(11-9-15)13-25-14-20(23)22-18-12-21(2,3)24-19-7-5-4-6-17(18)19/h4-11,18H,12-14H2,1-3H3,(H,22,23)/t18-/m1/s1. The maximum atomic E-state index is 12.4. The van der Waals surface area contributed by atoms with Crippen LogP contribution in [0.25, 0.3) is 0 Å². The second-order valence-corrected chi connectivity index (χ2v) is 8.19. The van der Waals surface area contributed by atoms with Gasteiger partial charge in [0.05, 0.1) is 11.8 Å². The van der Waals surface area contributed by atoms with Gasteiger partial charge in [0, 0.05) is 17.7 Å². The fraction of sp³-hybridized carbons (Fsp3) is 0.381. The van der Waals surface area contributed by atoms with Crippen molar-refractivity contribution in [2.24, 2.45) is 0 Å². The predicted octanol–water partition coefficient (Wildman–Crippen LogP) is 4.65. The first-order chi connectivity index (χ1) is 11.9. The summed E-state index contributed by atoms with van der Waals surface area (Å²) in [6.07, 6.45) is 0.776. The third kappa shape index (κ3) is 4.79. The van der Waals surface area contributed by atoms with E-state index in [2.05, 4.69) is 50.4 Å². The molecule has 1 heterocycles. The van der Waals surface area contributed by atoms with E-state index in [1.54, 1.807) is 11.8 Å².